The predicted octanol–water partition coefficient (Wildman–Crippen LogP) is 4.73. The number of thiophene rings is 1. The van der Waals surface area contributed by atoms with Crippen molar-refractivity contribution in [1.29, 1.82) is 0 Å². The summed E-state index contributed by atoms with van der Waals surface area (Å²) in [6.45, 7) is 1.91. The zero-order chi connectivity index (χ0) is 14.9. The number of nitrogens with zero attached hydrogens (tertiary/aromatic N) is 3. The van der Waals surface area contributed by atoms with Gasteiger partial charge in [-0.3, -0.25) is 0 Å². The average Bonchev–Trinajstić information content (AvgIpc) is 2.99. The van der Waals surface area contributed by atoms with E-state index in [1.54, 1.807) is 11.3 Å². The molecule has 0 saturated carbocycles. The number of fused-ring (bicyclic) bond motifs is 1. The van der Waals surface area contributed by atoms with Gasteiger partial charge >= 0.3 is 0 Å². The summed E-state index contributed by atoms with van der Waals surface area (Å²) in [5, 5.41) is 1.22. The fraction of sp³-hybridized carbons (Fsp3) is 0.0556. The Balaban J connectivity index is 1.86. The van der Waals surface area contributed by atoms with E-state index in [4.69, 9.17) is 0 Å². The fourth-order valence-corrected chi connectivity index (χ4v) is 3.40. The molecule has 0 spiro atoms. The summed E-state index contributed by atoms with van der Waals surface area (Å²) in [5.74, 6) is 2.20. The highest BCUT2D eigenvalue weighted by molar-refractivity contribution is 7.22. The molecule has 4 aromatic rings. The quantitative estimate of drug-likeness (QED) is 0.537. The van der Waals surface area contributed by atoms with Crippen molar-refractivity contribution in [3.63, 3.8) is 0 Å². The third kappa shape index (κ3) is 2.38. The third-order valence-corrected chi connectivity index (χ3v) is 4.54. The molecule has 2 aromatic heterocycles. The summed E-state index contributed by atoms with van der Waals surface area (Å²) in [7, 11) is 0. The van der Waals surface area contributed by atoms with Crippen molar-refractivity contribution in [2.75, 3.05) is 0 Å². The molecule has 0 aliphatic carbocycles. The van der Waals surface area contributed by atoms with Crippen LogP contribution < -0.4 is 0 Å². The number of hydrogen-bond acceptors (Lipinski definition) is 4. The number of aromatic nitrogens is 3. The Morgan fingerprint density at radius 1 is 0.773 bits per heavy atom. The topological polar surface area (TPSA) is 38.7 Å². The number of aryl methyl sites for hydroxylation is 1. The van der Waals surface area contributed by atoms with Crippen molar-refractivity contribution in [2.24, 2.45) is 0 Å². The Morgan fingerprint density at radius 3 is 2.32 bits per heavy atom. The van der Waals surface area contributed by atoms with Gasteiger partial charge in [0.2, 0.25) is 0 Å². The molecular weight excluding hydrogens is 290 g/mol. The van der Waals surface area contributed by atoms with E-state index >= 15 is 0 Å². The molecule has 0 N–H and O–H groups in total. The standard InChI is InChI=1S/C18H13N3S/c1-12-19-17(13-7-3-2-4-8-13)21-18(20-12)16-11-14-9-5-6-10-15(14)22-16/h2-11H,1H3. The van der Waals surface area contributed by atoms with E-state index in [-0.39, 0.29) is 0 Å². The van der Waals surface area contributed by atoms with Crippen LogP contribution in [-0.2, 0) is 0 Å². The zero-order valence-corrected chi connectivity index (χ0v) is 12.8. The van der Waals surface area contributed by atoms with Crippen molar-refractivity contribution in [3.8, 4) is 22.1 Å². The molecule has 0 amide bonds. The first kappa shape index (κ1) is 13.1. The van der Waals surface area contributed by atoms with Crippen LogP contribution in [0.15, 0.2) is 60.7 Å². The first-order valence-electron chi connectivity index (χ1n) is 7.07. The molecule has 22 heavy (non-hydrogen) atoms. The average molecular weight is 303 g/mol. The molecule has 0 aliphatic rings. The maximum absolute atomic E-state index is 4.66. The minimum atomic E-state index is 0.723. The van der Waals surface area contributed by atoms with Crippen LogP contribution >= 0.6 is 11.3 Å². The summed E-state index contributed by atoms with van der Waals surface area (Å²) >= 11 is 1.71. The van der Waals surface area contributed by atoms with Gasteiger partial charge in [0, 0.05) is 10.3 Å². The van der Waals surface area contributed by atoms with Crippen LogP contribution in [-0.4, -0.2) is 15.0 Å². The normalized spacial score (nSPS) is 11.0. The van der Waals surface area contributed by atoms with Gasteiger partial charge in [-0.1, -0.05) is 48.5 Å². The lowest BCUT2D eigenvalue weighted by Crippen LogP contribution is -1.98. The lowest BCUT2D eigenvalue weighted by atomic mass is 10.2. The van der Waals surface area contributed by atoms with Gasteiger partial charge in [0.15, 0.2) is 11.6 Å². The predicted molar refractivity (Wildman–Crippen MR) is 90.8 cm³/mol. The largest absolute Gasteiger partial charge is 0.213 e. The van der Waals surface area contributed by atoms with Crippen LogP contribution in [0.3, 0.4) is 0 Å². The number of benzene rings is 2. The van der Waals surface area contributed by atoms with Gasteiger partial charge in [-0.25, -0.2) is 15.0 Å². The Hall–Kier alpha value is -2.59. The number of rotatable bonds is 2. The highest BCUT2D eigenvalue weighted by Gasteiger charge is 2.10. The van der Waals surface area contributed by atoms with Crippen molar-refractivity contribution >= 4 is 21.4 Å². The van der Waals surface area contributed by atoms with E-state index in [0.29, 0.717) is 0 Å². The Labute approximate surface area is 132 Å². The van der Waals surface area contributed by atoms with Crippen LogP contribution in [0.1, 0.15) is 5.82 Å². The summed E-state index contributed by atoms with van der Waals surface area (Å²) < 4.78 is 1.25. The highest BCUT2D eigenvalue weighted by atomic mass is 32.1. The van der Waals surface area contributed by atoms with Gasteiger partial charge in [0.1, 0.15) is 5.82 Å². The van der Waals surface area contributed by atoms with Crippen LogP contribution in [0, 0.1) is 6.92 Å². The molecule has 4 heteroatoms. The SMILES string of the molecule is Cc1nc(-c2ccccc2)nc(-c2cc3ccccc3s2)n1. The first-order chi connectivity index (χ1) is 10.8. The van der Waals surface area contributed by atoms with Crippen LogP contribution in [0.25, 0.3) is 32.2 Å². The number of hydrogen-bond donors (Lipinski definition) is 0. The Morgan fingerprint density at radius 2 is 1.50 bits per heavy atom. The summed E-state index contributed by atoms with van der Waals surface area (Å²) in [4.78, 5) is 14.7. The molecule has 2 heterocycles. The van der Waals surface area contributed by atoms with Crippen molar-refractivity contribution in [2.45, 2.75) is 6.92 Å². The molecule has 0 unspecified atom stereocenters. The second-order valence-electron chi connectivity index (χ2n) is 5.04. The first-order valence-corrected chi connectivity index (χ1v) is 7.88. The van der Waals surface area contributed by atoms with Crippen molar-refractivity contribution in [1.82, 2.24) is 15.0 Å². The van der Waals surface area contributed by atoms with Gasteiger partial charge in [-0.05, 0) is 24.4 Å². The second-order valence-corrected chi connectivity index (χ2v) is 6.13. The van der Waals surface area contributed by atoms with Gasteiger partial charge in [0.05, 0.1) is 4.88 Å². The molecule has 4 rings (SSSR count). The van der Waals surface area contributed by atoms with E-state index in [2.05, 4.69) is 39.2 Å². The van der Waals surface area contributed by atoms with E-state index in [0.717, 1.165) is 27.9 Å². The Bertz CT molecular complexity index is 912. The molecule has 0 bridgehead atoms. The molecule has 0 fully saturated rings. The van der Waals surface area contributed by atoms with Crippen LogP contribution in [0.2, 0.25) is 0 Å². The molecule has 0 aliphatic heterocycles. The van der Waals surface area contributed by atoms with E-state index < -0.39 is 0 Å². The maximum Gasteiger partial charge on any atom is 0.173 e. The van der Waals surface area contributed by atoms with Gasteiger partial charge < -0.3 is 0 Å². The van der Waals surface area contributed by atoms with E-state index in [9.17, 15) is 0 Å². The van der Waals surface area contributed by atoms with Crippen LogP contribution in [0.5, 0.6) is 0 Å². The molecular formula is C18H13N3S. The van der Waals surface area contributed by atoms with Crippen LogP contribution in [0.4, 0.5) is 0 Å². The van der Waals surface area contributed by atoms with E-state index in [1.807, 2.05) is 43.3 Å². The van der Waals surface area contributed by atoms with E-state index in [1.165, 1.54) is 10.1 Å². The lowest BCUT2D eigenvalue weighted by molar-refractivity contribution is 0.995. The summed E-state index contributed by atoms with van der Waals surface area (Å²) in [6.07, 6.45) is 0. The van der Waals surface area contributed by atoms with Gasteiger partial charge in [-0.15, -0.1) is 11.3 Å². The smallest absolute Gasteiger partial charge is 0.173 e. The maximum atomic E-state index is 4.66. The third-order valence-electron chi connectivity index (χ3n) is 3.43. The Kier molecular flexibility index (Phi) is 3.16. The molecule has 0 saturated heterocycles. The minimum Gasteiger partial charge on any atom is -0.213 e. The minimum absolute atomic E-state index is 0.723. The fourth-order valence-electron chi connectivity index (χ4n) is 2.40. The molecule has 3 nitrogen and oxygen atoms in total. The molecule has 2 aromatic carbocycles. The van der Waals surface area contributed by atoms with Crippen molar-refractivity contribution < 1.29 is 0 Å². The molecule has 0 atom stereocenters. The highest BCUT2D eigenvalue weighted by Crippen LogP contribution is 2.32. The zero-order valence-electron chi connectivity index (χ0n) is 12.0. The summed E-state index contributed by atoms with van der Waals surface area (Å²) in [6, 6.07) is 20.5. The van der Waals surface area contributed by atoms with Gasteiger partial charge in [-0.2, -0.15) is 0 Å². The molecule has 0 radical (unpaired) electrons. The summed E-state index contributed by atoms with van der Waals surface area (Å²) in [5.41, 5.74) is 1.01. The molecule has 106 valence electrons. The lowest BCUT2D eigenvalue weighted by Gasteiger charge is -2.03. The van der Waals surface area contributed by atoms with Crippen molar-refractivity contribution in [3.05, 3.63) is 66.5 Å². The van der Waals surface area contributed by atoms with Gasteiger partial charge in [0.25, 0.3) is 0 Å². The monoisotopic (exact) mass is 303 g/mol. The second kappa shape index (κ2) is 5.31.